The summed E-state index contributed by atoms with van der Waals surface area (Å²) in [7, 11) is 0. The molecular formula is C19H30N4O3. The molecule has 0 aromatic heterocycles. The number of hydrogen-bond acceptors (Lipinski definition) is 5. The highest BCUT2D eigenvalue weighted by molar-refractivity contribution is 5.77. The van der Waals surface area contributed by atoms with Crippen LogP contribution in [-0.4, -0.2) is 63.6 Å². The lowest BCUT2D eigenvalue weighted by Gasteiger charge is -2.26. The fraction of sp³-hybridized carbons (Fsp3) is 0.632. The summed E-state index contributed by atoms with van der Waals surface area (Å²) >= 11 is 0. The van der Waals surface area contributed by atoms with Crippen molar-refractivity contribution in [3.63, 3.8) is 0 Å². The third kappa shape index (κ3) is 5.02. The molecular weight excluding hydrogens is 332 g/mol. The molecule has 1 aromatic carbocycles. The first kappa shape index (κ1) is 18.8. The van der Waals surface area contributed by atoms with E-state index in [1.807, 2.05) is 12.1 Å². The SMILES string of the molecule is CC(C)(CN=C(N)NCCCN1CCOCC1)c1ccc2c(c1)OCO2. The van der Waals surface area contributed by atoms with Gasteiger partial charge in [-0.15, -0.1) is 0 Å². The predicted octanol–water partition coefficient (Wildman–Crippen LogP) is 1.32. The Balaban J connectivity index is 1.43. The van der Waals surface area contributed by atoms with Gasteiger partial charge in [0.1, 0.15) is 0 Å². The largest absolute Gasteiger partial charge is 0.454 e. The van der Waals surface area contributed by atoms with Crippen molar-refractivity contribution in [1.82, 2.24) is 10.2 Å². The second-order valence-corrected chi connectivity index (χ2v) is 7.39. The van der Waals surface area contributed by atoms with E-state index in [1.165, 1.54) is 0 Å². The highest BCUT2D eigenvalue weighted by atomic mass is 16.7. The van der Waals surface area contributed by atoms with Crippen LogP contribution in [0.3, 0.4) is 0 Å². The van der Waals surface area contributed by atoms with Gasteiger partial charge in [-0.25, -0.2) is 0 Å². The summed E-state index contributed by atoms with van der Waals surface area (Å²) in [6.45, 7) is 10.8. The molecule has 3 rings (SSSR count). The molecule has 1 saturated heterocycles. The molecule has 2 heterocycles. The molecule has 7 nitrogen and oxygen atoms in total. The van der Waals surface area contributed by atoms with Gasteiger partial charge in [0.2, 0.25) is 6.79 Å². The van der Waals surface area contributed by atoms with Crippen LogP contribution in [0.5, 0.6) is 11.5 Å². The molecule has 0 unspecified atom stereocenters. The number of aliphatic imine (C=N–C) groups is 1. The fourth-order valence-electron chi connectivity index (χ4n) is 3.09. The molecule has 7 heteroatoms. The molecule has 1 fully saturated rings. The van der Waals surface area contributed by atoms with Crippen LogP contribution in [0.4, 0.5) is 0 Å². The Hall–Kier alpha value is -1.99. The number of morpholine rings is 1. The molecule has 0 amide bonds. The van der Waals surface area contributed by atoms with Crippen LogP contribution >= 0.6 is 0 Å². The first-order valence-electron chi connectivity index (χ1n) is 9.29. The van der Waals surface area contributed by atoms with Gasteiger partial charge in [0.25, 0.3) is 0 Å². The molecule has 0 bridgehead atoms. The Bertz CT molecular complexity index is 627. The molecule has 2 aliphatic heterocycles. The third-order valence-corrected chi connectivity index (χ3v) is 4.86. The molecule has 0 aliphatic carbocycles. The molecule has 2 aliphatic rings. The number of hydrogen-bond donors (Lipinski definition) is 2. The number of nitrogens with one attached hydrogen (secondary N) is 1. The first-order valence-corrected chi connectivity index (χ1v) is 9.29. The molecule has 0 radical (unpaired) electrons. The summed E-state index contributed by atoms with van der Waals surface area (Å²) in [5.74, 6) is 2.10. The average Bonchev–Trinajstić information content (AvgIpc) is 3.12. The van der Waals surface area contributed by atoms with Gasteiger partial charge in [0, 0.05) is 25.0 Å². The van der Waals surface area contributed by atoms with E-state index in [4.69, 9.17) is 19.9 Å². The average molecular weight is 362 g/mol. The van der Waals surface area contributed by atoms with Gasteiger partial charge in [-0.3, -0.25) is 9.89 Å². The minimum Gasteiger partial charge on any atom is -0.454 e. The lowest BCUT2D eigenvalue weighted by atomic mass is 9.84. The van der Waals surface area contributed by atoms with Crippen molar-refractivity contribution in [3.05, 3.63) is 23.8 Å². The van der Waals surface area contributed by atoms with Crippen LogP contribution in [0.25, 0.3) is 0 Å². The van der Waals surface area contributed by atoms with Crippen molar-refractivity contribution in [2.24, 2.45) is 10.7 Å². The maximum atomic E-state index is 6.03. The van der Waals surface area contributed by atoms with Crippen LogP contribution in [-0.2, 0) is 10.2 Å². The number of guanidine groups is 1. The first-order chi connectivity index (χ1) is 12.5. The highest BCUT2D eigenvalue weighted by Gasteiger charge is 2.24. The Morgan fingerprint density at radius 3 is 2.81 bits per heavy atom. The van der Waals surface area contributed by atoms with Crippen LogP contribution in [0.1, 0.15) is 25.8 Å². The number of ether oxygens (including phenoxy) is 3. The van der Waals surface area contributed by atoms with E-state index in [2.05, 4.69) is 35.1 Å². The summed E-state index contributed by atoms with van der Waals surface area (Å²) in [6.07, 6.45) is 1.04. The van der Waals surface area contributed by atoms with Gasteiger partial charge in [-0.1, -0.05) is 19.9 Å². The van der Waals surface area contributed by atoms with Crippen molar-refractivity contribution in [2.45, 2.75) is 25.7 Å². The van der Waals surface area contributed by atoms with Crippen molar-refractivity contribution >= 4 is 5.96 Å². The fourth-order valence-corrected chi connectivity index (χ4v) is 3.09. The van der Waals surface area contributed by atoms with E-state index in [0.29, 0.717) is 19.3 Å². The van der Waals surface area contributed by atoms with Crippen LogP contribution < -0.4 is 20.5 Å². The van der Waals surface area contributed by atoms with Gasteiger partial charge in [-0.2, -0.15) is 0 Å². The maximum Gasteiger partial charge on any atom is 0.231 e. The number of nitrogens with zero attached hydrogens (tertiary/aromatic N) is 2. The monoisotopic (exact) mass is 362 g/mol. The lowest BCUT2D eigenvalue weighted by Crippen LogP contribution is -2.39. The quantitative estimate of drug-likeness (QED) is 0.433. The number of rotatable bonds is 7. The zero-order valence-corrected chi connectivity index (χ0v) is 15.8. The Kier molecular flexibility index (Phi) is 6.21. The Morgan fingerprint density at radius 1 is 1.23 bits per heavy atom. The number of nitrogens with two attached hydrogens (primary N) is 1. The highest BCUT2D eigenvalue weighted by Crippen LogP contribution is 2.36. The maximum absolute atomic E-state index is 6.03. The minimum atomic E-state index is -0.138. The van der Waals surface area contributed by atoms with Gasteiger partial charge < -0.3 is 25.3 Å². The third-order valence-electron chi connectivity index (χ3n) is 4.86. The molecule has 0 atom stereocenters. The van der Waals surface area contributed by atoms with E-state index in [1.54, 1.807) is 0 Å². The molecule has 144 valence electrons. The van der Waals surface area contributed by atoms with E-state index in [-0.39, 0.29) is 5.41 Å². The lowest BCUT2D eigenvalue weighted by molar-refractivity contribution is 0.0376. The summed E-state index contributed by atoms with van der Waals surface area (Å²) in [5.41, 5.74) is 7.05. The van der Waals surface area contributed by atoms with Gasteiger partial charge in [0.15, 0.2) is 17.5 Å². The Labute approximate surface area is 155 Å². The molecule has 26 heavy (non-hydrogen) atoms. The zero-order chi connectivity index (χ0) is 18.4. The van der Waals surface area contributed by atoms with Crippen molar-refractivity contribution < 1.29 is 14.2 Å². The van der Waals surface area contributed by atoms with Crippen LogP contribution in [0.15, 0.2) is 23.2 Å². The smallest absolute Gasteiger partial charge is 0.231 e. The zero-order valence-electron chi connectivity index (χ0n) is 15.8. The van der Waals surface area contributed by atoms with E-state index < -0.39 is 0 Å². The summed E-state index contributed by atoms with van der Waals surface area (Å²) in [5, 5.41) is 3.21. The van der Waals surface area contributed by atoms with Crippen molar-refractivity contribution in [3.8, 4) is 11.5 Å². The van der Waals surface area contributed by atoms with Crippen LogP contribution in [0, 0.1) is 0 Å². The van der Waals surface area contributed by atoms with E-state index in [9.17, 15) is 0 Å². The van der Waals surface area contributed by atoms with E-state index >= 15 is 0 Å². The summed E-state index contributed by atoms with van der Waals surface area (Å²) < 4.78 is 16.2. The molecule has 0 saturated carbocycles. The summed E-state index contributed by atoms with van der Waals surface area (Å²) in [4.78, 5) is 6.95. The molecule has 0 spiro atoms. The predicted molar refractivity (Wildman–Crippen MR) is 102 cm³/mol. The number of fused-ring (bicyclic) bond motifs is 1. The second kappa shape index (κ2) is 8.60. The van der Waals surface area contributed by atoms with Crippen molar-refractivity contribution in [2.75, 3.05) is 52.7 Å². The van der Waals surface area contributed by atoms with Gasteiger partial charge in [-0.05, 0) is 30.7 Å². The minimum absolute atomic E-state index is 0.138. The Morgan fingerprint density at radius 2 is 2.00 bits per heavy atom. The normalized spacial score (nSPS) is 18.2. The molecule has 1 aromatic rings. The number of benzene rings is 1. The molecule has 3 N–H and O–H groups in total. The van der Waals surface area contributed by atoms with Gasteiger partial charge >= 0.3 is 0 Å². The van der Waals surface area contributed by atoms with E-state index in [0.717, 1.165) is 62.9 Å². The summed E-state index contributed by atoms with van der Waals surface area (Å²) in [6, 6.07) is 6.05. The van der Waals surface area contributed by atoms with Crippen molar-refractivity contribution in [1.29, 1.82) is 0 Å². The van der Waals surface area contributed by atoms with Gasteiger partial charge in [0.05, 0.1) is 19.8 Å². The standard InChI is InChI=1S/C19H30N4O3/c1-19(2,15-4-5-16-17(12-15)26-14-25-16)13-22-18(20)21-6-3-7-23-8-10-24-11-9-23/h4-5,12H,3,6-11,13-14H2,1-2H3,(H3,20,21,22). The topological polar surface area (TPSA) is 81.3 Å². The van der Waals surface area contributed by atoms with Crippen LogP contribution in [0.2, 0.25) is 0 Å². The second-order valence-electron chi connectivity index (χ2n) is 7.39.